The van der Waals surface area contributed by atoms with Crippen molar-refractivity contribution in [1.82, 2.24) is 10.3 Å². The monoisotopic (exact) mass is 530 g/mol. The Hall–Kier alpha value is -3.29. The van der Waals surface area contributed by atoms with Gasteiger partial charge in [0, 0.05) is 41.4 Å². The van der Waals surface area contributed by atoms with Gasteiger partial charge in [0.25, 0.3) is 0 Å². The maximum Gasteiger partial charge on any atom is 0.235 e. The number of aromatic nitrogens is 1. The smallest absolute Gasteiger partial charge is 0.235 e. The maximum atomic E-state index is 14.2. The number of carbonyl (C=O) groups excluding carboxylic acids is 3. The lowest BCUT2D eigenvalue weighted by molar-refractivity contribution is -0.148. The van der Waals surface area contributed by atoms with Crippen LogP contribution in [0.1, 0.15) is 52.5 Å². The summed E-state index contributed by atoms with van der Waals surface area (Å²) in [5.41, 5.74) is 2.61. The second kappa shape index (κ2) is 10.4. The molecule has 206 valence electrons. The number of aromatic amines is 1. The van der Waals surface area contributed by atoms with Gasteiger partial charge in [0.1, 0.15) is 17.3 Å². The zero-order chi connectivity index (χ0) is 28.1. The zero-order valence-electron chi connectivity index (χ0n) is 23.0. The van der Waals surface area contributed by atoms with Gasteiger partial charge in [-0.2, -0.15) is 0 Å². The Morgan fingerprint density at radius 1 is 1.05 bits per heavy atom. The van der Waals surface area contributed by atoms with Crippen molar-refractivity contribution in [2.75, 3.05) is 0 Å². The Kier molecular flexibility index (Phi) is 7.25. The van der Waals surface area contributed by atoms with E-state index in [4.69, 9.17) is 0 Å². The average Bonchev–Trinajstić information content (AvgIpc) is 3.45. The second-order valence-electron chi connectivity index (χ2n) is 11.7. The van der Waals surface area contributed by atoms with E-state index in [0.29, 0.717) is 18.4 Å². The van der Waals surface area contributed by atoms with Crippen LogP contribution in [0.5, 0.6) is 0 Å². The van der Waals surface area contributed by atoms with Gasteiger partial charge in [-0.25, -0.2) is 0 Å². The van der Waals surface area contributed by atoms with Crippen molar-refractivity contribution in [3.8, 4) is 0 Å². The zero-order valence-corrected chi connectivity index (χ0v) is 23.0. The van der Waals surface area contributed by atoms with E-state index in [1.165, 1.54) is 0 Å². The van der Waals surface area contributed by atoms with Crippen molar-refractivity contribution >= 4 is 28.4 Å². The summed E-state index contributed by atoms with van der Waals surface area (Å²) in [6.07, 6.45) is 6.11. The molecule has 4 N–H and O–H groups in total. The fourth-order valence-electron chi connectivity index (χ4n) is 7.16. The van der Waals surface area contributed by atoms with E-state index < -0.39 is 35.2 Å². The van der Waals surface area contributed by atoms with Crippen LogP contribution in [0.4, 0.5) is 0 Å². The average molecular weight is 531 g/mol. The van der Waals surface area contributed by atoms with Gasteiger partial charge in [0.15, 0.2) is 5.78 Å². The summed E-state index contributed by atoms with van der Waals surface area (Å²) in [6.45, 7) is 7.45. The first kappa shape index (κ1) is 27.3. The minimum Gasteiger partial charge on any atom is -0.388 e. The Labute approximate surface area is 229 Å². The lowest BCUT2D eigenvalue weighted by atomic mass is 9.54. The number of H-pyrrole nitrogens is 1. The summed E-state index contributed by atoms with van der Waals surface area (Å²) < 4.78 is 0. The third kappa shape index (κ3) is 4.42. The topological polar surface area (TPSA) is 119 Å². The number of hydrogen-bond donors (Lipinski definition) is 4. The molecule has 1 fully saturated rings. The number of carbonyl (C=O) groups is 3. The lowest BCUT2D eigenvalue weighted by Crippen LogP contribution is -2.55. The fraction of sp³-hybridized carbons (Fsp3) is 0.469. The number of amides is 1. The van der Waals surface area contributed by atoms with Gasteiger partial charge < -0.3 is 20.5 Å². The van der Waals surface area contributed by atoms with Crippen LogP contribution in [0.3, 0.4) is 0 Å². The third-order valence-corrected chi connectivity index (χ3v) is 9.28. The van der Waals surface area contributed by atoms with Crippen LogP contribution in [0.2, 0.25) is 0 Å². The van der Waals surface area contributed by atoms with Gasteiger partial charge in [-0.15, -0.1) is 0 Å². The Morgan fingerprint density at radius 2 is 1.79 bits per heavy atom. The van der Waals surface area contributed by atoms with Crippen LogP contribution < -0.4 is 5.32 Å². The molecule has 0 bridgehead atoms. The van der Waals surface area contributed by atoms with Crippen molar-refractivity contribution in [3.63, 3.8) is 0 Å². The number of para-hydroxylation sites is 1. The molecule has 0 radical (unpaired) electrons. The minimum atomic E-state index is -1.53. The predicted molar refractivity (Wildman–Crippen MR) is 150 cm³/mol. The number of benzene rings is 1. The summed E-state index contributed by atoms with van der Waals surface area (Å²) in [6, 6.07) is 7.63. The van der Waals surface area contributed by atoms with E-state index >= 15 is 0 Å². The molecule has 2 aliphatic carbocycles. The molecule has 1 amide bonds. The first-order valence-electron chi connectivity index (χ1n) is 13.9. The molecule has 2 aromatic rings. The summed E-state index contributed by atoms with van der Waals surface area (Å²) >= 11 is 0. The second-order valence-corrected chi connectivity index (χ2v) is 11.7. The van der Waals surface area contributed by atoms with Crippen molar-refractivity contribution in [3.05, 3.63) is 71.0 Å². The van der Waals surface area contributed by atoms with Crippen molar-refractivity contribution in [2.24, 2.45) is 23.2 Å². The molecule has 1 saturated heterocycles. The number of allylic oxidation sites excluding steroid dienone is 2. The van der Waals surface area contributed by atoms with Crippen molar-refractivity contribution in [2.45, 2.75) is 71.6 Å². The molecule has 1 spiro atoms. The highest BCUT2D eigenvalue weighted by Crippen LogP contribution is 2.55. The fourth-order valence-corrected chi connectivity index (χ4v) is 7.16. The molecule has 7 nitrogen and oxygen atoms in total. The molecule has 0 unspecified atom stereocenters. The summed E-state index contributed by atoms with van der Waals surface area (Å²) in [7, 11) is 0. The van der Waals surface area contributed by atoms with Gasteiger partial charge in [0.2, 0.25) is 5.91 Å². The molecule has 5 rings (SSSR count). The van der Waals surface area contributed by atoms with E-state index in [1.807, 2.05) is 69.5 Å². The molecule has 3 aliphatic rings. The molecule has 1 aliphatic heterocycles. The van der Waals surface area contributed by atoms with Crippen LogP contribution in [0, 0.1) is 23.2 Å². The van der Waals surface area contributed by atoms with Crippen LogP contribution in [-0.2, 0) is 20.8 Å². The molecule has 7 heteroatoms. The Morgan fingerprint density at radius 3 is 2.56 bits per heavy atom. The largest absolute Gasteiger partial charge is 0.388 e. The van der Waals surface area contributed by atoms with Gasteiger partial charge in [-0.1, -0.05) is 48.9 Å². The van der Waals surface area contributed by atoms with E-state index in [9.17, 15) is 24.6 Å². The van der Waals surface area contributed by atoms with Crippen molar-refractivity contribution < 1.29 is 24.6 Å². The highest BCUT2D eigenvalue weighted by molar-refractivity contribution is 6.10. The van der Waals surface area contributed by atoms with Crippen LogP contribution >= 0.6 is 0 Å². The predicted octanol–water partition coefficient (Wildman–Crippen LogP) is 3.96. The van der Waals surface area contributed by atoms with E-state index in [2.05, 4.69) is 10.3 Å². The quantitative estimate of drug-likeness (QED) is 0.346. The third-order valence-electron chi connectivity index (χ3n) is 9.28. The van der Waals surface area contributed by atoms with Gasteiger partial charge in [0.05, 0.1) is 6.10 Å². The number of hydrogen-bond acceptors (Lipinski definition) is 5. The summed E-state index contributed by atoms with van der Waals surface area (Å²) in [5.74, 6) is -2.34. The highest BCUT2D eigenvalue weighted by atomic mass is 16.3. The molecule has 39 heavy (non-hydrogen) atoms. The molecule has 0 saturated carbocycles. The maximum absolute atomic E-state index is 14.2. The van der Waals surface area contributed by atoms with Crippen molar-refractivity contribution in [1.29, 1.82) is 0 Å². The van der Waals surface area contributed by atoms with Crippen LogP contribution in [0.15, 0.2) is 65.4 Å². The van der Waals surface area contributed by atoms with Gasteiger partial charge >= 0.3 is 0 Å². The Bertz CT molecular complexity index is 1410. The summed E-state index contributed by atoms with van der Waals surface area (Å²) in [4.78, 5) is 44.4. The normalized spacial score (nSPS) is 36.3. The molecular weight excluding hydrogens is 492 g/mol. The summed E-state index contributed by atoms with van der Waals surface area (Å²) in [5, 5.41) is 26.4. The first-order valence-corrected chi connectivity index (χ1v) is 13.9. The van der Waals surface area contributed by atoms with E-state index in [0.717, 1.165) is 27.6 Å². The van der Waals surface area contributed by atoms with E-state index in [-0.39, 0.29) is 36.5 Å². The number of fused-ring (bicyclic) bond motifs is 1. The minimum absolute atomic E-state index is 0.00624. The SMILES string of the molecule is CC1=C(C)[C@H]2[C@H](Cc3c[nH]c4ccccc34)NC(=O)[C@@]23C(=O)CC[C@H](O)C(=O)/C(C)=C/[C@@H](C)C/C=C/[C@H]3[C@@H]1O. The lowest BCUT2D eigenvalue weighted by Gasteiger charge is -2.46. The molecule has 1 aromatic carbocycles. The number of rotatable bonds is 2. The number of Topliss-reactive ketones (excluding diaryl/α,β-unsaturated/α-hetero) is 2. The van der Waals surface area contributed by atoms with Gasteiger partial charge in [-0.05, 0) is 68.7 Å². The molecule has 2 heterocycles. The first-order chi connectivity index (χ1) is 18.6. The Balaban J connectivity index is 1.61. The molecule has 7 atom stereocenters. The number of aliphatic hydroxyl groups is 2. The molecular formula is C32H38N2O5. The van der Waals surface area contributed by atoms with E-state index in [1.54, 1.807) is 6.92 Å². The van der Waals surface area contributed by atoms with Crippen LogP contribution in [0.25, 0.3) is 10.9 Å². The number of aliphatic hydroxyl groups excluding tert-OH is 2. The van der Waals surface area contributed by atoms with Gasteiger partial charge in [-0.3, -0.25) is 14.4 Å². The molecule has 1 aromatic heterocycles. The van der Waals surface area contributed by atoms with Crippen LogP contribution in [-0.4, -0.2) is 50.9 Å². The number of ketones is 2. The number of nitrogens with one attached hydrogen (secondary N) is 2. The standard InChI is InChI=1S/C32H38N2O5/c1-17-8-7-10-23-30(38)20(4)19(3)28-25(15-21-16-33-24-11-6-5-9-22(21)24)34-31(39)32(23,28)27(36)13-12-26(35)29(37)18(2)14-17/h5-7,9-11,14,16-17,23,25-26,28,30,33,35,38H,8,12-13,15H2,1-4H3,(H,34,39)/b10-7+,18-14+/t17-,23-,25-,26-,28-,30+,32-/m0/s1. The highest BCUT2D eigenvalue weighted by Gasteiger charge is 2.66.